The largest absolute Gasteiger partial charge is 0.462 e. The molecule has 3 rings (SSSR count). The molecule has 0 aromatic rings. The van der Waals surface area contributed by atoms with Gasteiger partial charge in [0, 0.05) is 37.7 Å². The Kier molecular flexibility index (Phi) is 10.2. The van der Waals surface area contributed by atoms with Gasteiger partial charge in [-0.1, -0.05) is 27.7 Å². The highest BCUT2D eigenvalue weighted by Crippen LogP contribution is 2.43. The predicted octanol–water partition coefficient (Wildman–Crippen LogP) is 1.35. The number of esters is 1. The summed E-state index contributed by atoms with van der Waals surface area (Å²) in [5.41, 5.74) is -4.11. The highest BCUT2D eigenvalue weighted by atomic mass is 16.7. The number of ketones is 1. The Bertz CT molecular complexity index is 904. The number of cyclic esters (lactones) is 1. The van der Waals surface area contributed by atoms with Crippen LogP contribution in [0.5, 0.6) is 0 Å². The monoisotopic (exact) mass is 574 g/mol. The zero-order valence-electron chi connectivity index (χ0n) is 25.3. The molecule has 1 spiro atoms. The number of methoxy groups -OCH3 is 1. The molecule has 0 radical (unpaired) electrons. The number of carbonyl (C=O) groups is 2. The molecular formula is C29H50O11. The Balaban J connectivity index is 2.00. The van der Waals surface area contributed by atoms with Crippen molar-refractivity contribution in [1.82, 2.24) is 0 Å². The van der Waals surface area contributed by atoms with E-state index in [-0.39, 0.29) is 25.2 Å². The van der Waals surface area contributed by atoms with Crippen LogP contribution in [-0.4, -0.2) is 106 Å². The number of hydrogen-bond acceptors (Lipinski definition) is 11. The predicted molar refractivity (Wildman–Crippen MR) is 143 cm³/mol. The summed E-state index contributed by atoms with van der Waals surface area (Å²) in [5, 5.41) is 44.7. The highest BCUT2D eigenvalue weighted by molar-refractivity contribution is 5.92. The van der Waals surface area contributed by atoms with Gasteiger partial charge < -0.3 is 44.1 Å². The molecule has 11 nitrogen and oxygen atoms in total. The van der Waals surface area contributed by atoms with Crippen LogP contribution in [0.1, 0.15) is 74.7 Å². The molecule has 4 N–H and O–H groups in total. The maximum Gasteiger partial charge on any atom is 0.311 e. The number of aliphatic hydroxyl groups excluding tert-OH is 3. The molecule has 14 atom stereocenters. The minimum Gasteiger partial charge on any atom is -0.462 e. The van der Waals surface area contributed by atoms with Crippen LogP contribution in [0.4, 0.5) is 0 Å². The van der Waals surface area contributed by atoms with E-state index < -0.39 is 89.4 Å². The van der Waals surface area contributed by atoms with Gasteiger partial charge >= 0.3 is 5.97 Å². The van der Waals surface area contributed by atoms with Crippen molar-refractivity contribution >= 4 is 11.8 Å². The molecule has 0 amide bonds. The molecule has 0 aliphatic carbocycles. The number of hydrogen-bond donors (Lipinski definition) is 4. The van der Waals surface area contributed by atoms with E-state index in [2.05, 4.69) is 0 Å². The van der Waals surface area contributed by atoms with Gasteiger partial charge in [-0.3, -0.25) is 9.59 Å². The first-order valence-electron chi connectivity index (χ1n) is 14.5. The van der Waals surface area contributed by atoms with Gasteiger partial charge in [0.25, 0.3) is 0 Å². The first kappa shape index (κ1) is 33.3. The third-order valence-corrected chi connectivity index (χ3v) is 9.61. The third-order valence-electron chi connectivity index (χ3n) is 9.61. The zero-order valence-corrected chi connectivity index (χ0v) is 25.3. The first-order chi connectivity index (χ1) is 18.4. The van der Waals surface area contributed by atoms with E-state index in [0.717, 1.165) is 0 Å². The summed E-state index contributed by atoms with van der Waals surface area (Å²) in [6.07, 6.45) is -6.32. The van der Waals surface area contributed by atoms with Crippen molar-refractivity contribution < 1.29 is 53.7 Å². The highest BCUT2D eigenvalue weighted by Gasteiger charge is 2.60. The molecule has 0 aromatic heterocycles. The summed E-state index contributed by atoms with van der Waals surface area (Å²) >= 11 is 0. The summed E-state index contributed by atoms with van der Waals surface area (Å²) in [7, 11) is 1.49. The van der Waals surface area contributed by atoms with Crippen LogP contribution >= 0.6 is 0 Å². The standard InChI is InChI=1S/C29H50O11/c1-10-19-14(2)21(30)15(3)24(32)29(13-37-29)12-27(7,35)23(31)16(4)22(17(5)26(34)39-19)40-20-11-28(8,36-9)25(33)18(6)38-20/h14-23,25,30-31,33,35H,10-13H2,1-9H3/t14-,15+,16-,17+,18-,19+,20-,21-,22-,23+,25-,27+,28+,29+/m0/s1. The van der Waals surface area contributed by atoms with E-state index in [9.17, 15) is 30.0 Å². The van der Waals surface area contributed by atoms with Gasteiger partial charge in [-0.05, 0) is 34.1 Å². The van der Waals surface area contributed by atoms with Crippen LogP contribution in [-0.2, 0) is 33.3 Å². The lowest BCUT2D eigenvalue weighted by atomic mass is 9.74. The van der Waals surface area contributed by atoms with Crippen LogP contribution in [0.2, 0.25) is 0 Å². The summed E-state index contributed by atoms with van der Waals surface area (Å²) in [4.78, 5) is 27.0. The maximum absolute atomic E-state index is 13.5. The van der Waals surface area contributed by atoms with Crippen LogP contribution in [0, 0.1) is 23.7 Å². The summed E-state index contributed by atoms with van der Waals surface area (Å²) in [6, 6.07) is 0. The van der Waals surface area contributed by atoms with E-state index in [1.165, 1.54) is 14.0 Å². The fraction of sp³-hybridized carbons (Fsp3) is 0.931. The van der Waals surface area contributed by atoms with Crippen LogP contribution in [0.15, 0.2) is 0 Å². The second kappa shape index (κ2) is 12.2. The molecule has 3 saturated heterocycles. The van der Waals surface area contributed by atoms with Gasteiger partial charge in [-0.25, -0.2) is 0 Å². The van der Waals surface area contributed by atoms with Gasteiger partial charge in [0.05, 0.1) is 48.1 Å². The Morgan fingerprint density at radius 2 is 1.57 bits per heavy atom. The first-order valence-corrected chi connectivity index (χ1v) is 14.5. The second-order valence-corrected chi connectivity index (χ2v) is 12.8. The average Bonchev–Trinajstić information content (AvgIpc) is 3.69. The van der Waals surface area contributed by atoms with Crippen LogP contribution < -0.4 is 0 Å². The molecule has 0 unspecified atom stereocenters. The molecule has 232 valence electrons. The Labute approximate surface area is 237 Å². The Hall–Kier alpha value is -1.18. The topological polar surface area (TPSA) is 165 Å². The molecule has 3 aliphatic heterocycles. The Morgan fingerprint density at radius 3 is 2.10 bits per heavy atom. The fourth-order valence-corrected chi connectivity index (χ4v) is 6.51. The quantitative estimate of drug-likeness (QED) is 0.283. The lowest BCUT2D eigenvalue weighted by molar-refractivity contribution is -0.299. The molecule has 11 heteroatoms. The van der Waals surface area contributed by atoms with Crippen molar-refractivity contribution in [3.05, 3.63) is 0 Å². The minimum absolute atomic E-state index is 0.0722. The lowest BCUT2D eigenvalue weighted by Crippen LogP contribution is -2.58. The number of epoxide rings is 1. The van der Waals surface area contributed by atoms with E-state index in [1.807, 2.05) is 6.92 Å². The molecule has 0 bridgehead atoms. The van der Waals surface area contributed by atoms with Crippen molar-refractivity contribution in [1.29, 1.82) is 0 Å². The molecule has 40 heavy (non-hydrogen) atoms. The van der Waals surface area contributed by atoms with Crippen molar-refractivity contribution in [3.63, 3.8) is 0 Å². The van der Waals surface area contributed by atoms with Crippen LogP contribution in [0.3, 0.4) is 0 Å². The summed E-state index contributed by atoms with van der Waals surface area (Å²) in [5.74, 6) is -4.12. The molecule has 3 aliphatic rings. The number of aliphatic hydroxyl groups is 4. The van der Waals surface area contributed by atoms with Crippen molar-refractivity contribution in [3.8, 4) is 0 Å². The van der Waals surface area contributed by atoms with Crippen molar-refractivity contribution in [2.24, 2.45) is 23.7 Å². The molecule has 0 aromatic carbocycles. The molecular weight excluding hydrogens is 524 g/mol. The normalized spacial score (nSPS) is 51.3. The number of Topliss-reactive ketones (excluding diaryl/α,β-unsaturated/α-hetero) is 1. The molecule has 0 saturated carbocycles. The summed E-state index contributed by atoms with van der Waals surface area (Å²) in [6.45, 7) is 13.4. The third kappa shape index (κ3) is 6.41. The lowest BCUT2D eigenvalue weighted by Gasteiger charge is -2.46. The maximum atomic E-state index is 13.5. The smallest absolute Gasteiger partial charge is 0.311 e. The number of rotatable bonds is 4. The average molecular weight is 575 g/mol. The zero-order chi connectivity index (χ0) is 30.4. The molecule has 3 heterocycles. The van der Waals surface area contributed by atoms with Gasteiger partial charge in [0.15, 0.2) is 17.7 Å². The van der Waals surface area contributed by atoms with E-state index in [4.69, 9.17) is 23.7 Å². The van der Waals surface area contributed by atoms with E-state index in [1.54, 1.807) is 41.5 Å². The van der Waals surface area contributed by atoms with E-state index >= 15 is 0 Å². The van der Waals surface area contributed by atoms with Crippen molar-refractivity contribution in [2.45, 2.75) is 134 Å². The second-order valence-electron chi connectivity index (χ2n) is 12.8. The minimum atomic E-state index is -1.80. The van der Waals surface area contributed by atoms with E-state index in [0.29, 0.717) is 6.42 Å². The molecule has 3 fully saturated rings. The van der Waals surface area contributed by atoms with Gasteiger partial charge in [-0.2, -0.15) is 0 Å². The number of carbonyl (C=O) groups excluding carboxylic acids is 2. The van der Waals surface area contributed by atoms with Crippen LogP contribution in [0.25, 0.3) is 0 Å². The number of ether oxygens (including phenoxy) is 5. The SMILES string of the molecule is CC[C@H]1OC(=O)[C@H](C)[C@@H](O[C@H]2C[C@@](C)(OC)[C@@H](O)[C@H](C)O2)[C@H](C)[C@@H](O)[C@](C)(O)C[C@@]2(CO2)C(=O)[C@H](C)[C@@H](O)[C@H]1C. The van der Waals surface area contributed by atoms with Gasteiger partial charge in [0.1, 0.15) is 12.2 Å². The summed E-state index contributed by atoms with van der Waals surface area (Å²) < 4.78 is 29.3. The van der Waals surface area contributed by atoms with Crippen molar-refractivity contribution in [2.75, 3.05) is 13.7 Å². The van der Waals surface area contributed by atoms with Gasteiger partial charge in [0.2, 0.25) is 0 Å². The Morgan fingerprint density at radius 1 is 0.975 bits per heavy atom. The van der Waals surface area contributed by atoms with Gasteiger partial charge in [-0.15, -0.1) is 0 Å². The fourth-order valence-electron chi connectivity index (χ4n) is 6.51.